The molecule has 0 radical (unpaired) electrons. The first-order valence-corrected chi connectivity index (χ1v) is 5.64. The molecule has 1 aliphatic carbocycles. The van der Waals surface area contributed by atoms with Gasteiger partial charge in [-0.3, -0.25) is 0 Å². The summed E-state index contributed by atoms with van der Waals surface area (Å²) >= 11 is 0. The lowest BCUT2D eigenvalue weighted by molar-refractivity contribution is -0.0314. The Morgan fingerprint density at radius 1 is 1.56 bits per heavy atom. The molecule has 0 unspecified atom stereocenters. The molecule has 0 aromatic carbocycles. The third kappa shape index (κ3) is 2.71. The lowest BCUT2D eigenvalue weighted by atomic mass is 9.80. The zero-order valence-electron chi connectivity index (χ0n) is 9.57. The van der Waals surface area contributed by atoms with Crippen molar-refractivity contribution in [3.8, 4) is 5.88 Å². The Kier molecular flexibility index (Phi) is 3.41. The van der Waals surface area contributed by atoms with Gasteiger partial charge < -0.3 is 15.2 Å². The Morgan fingerprint density at radius 3 is 3.00 bits per heavy atom. The third-order valence-electron chi connectivity index (χ3n) is 3.08. The molecule has 0 atom stereocenters. The first-order valence-electron chi connectivity index (χ1n) is 5.64. The van der Waals surface area contributed by atoms with Crippen LogP contribution in [-0.4, -0.2) is 29.3 Å². The summed E-state index contributed by atoms with van der Waals surface area (Å²) in [6, 6.07) is 3.85. The highest BCUT2D eigenvalue weighted by molar-refractivity contribution is 5.20. The number of aliphatic hydroxyl groups is 1. The molecule has 1 saturated carbocycles. The van der Waals surface area contributed by atoms with E-state index in [9.17, 15) is 5.11 Å². The summed E-state index contributed by atoms with van der Waals surface area (Å²) in [6.45, 7) is 1.40. The molecule has 0 spiro atoms. The van der Waals surface area contributed by atoms with Gasteiger partial charge in [-0.05, 0) is 30.9 Å². The van der Waals surface area contributed by atoms with Crippen LogP contribution in [0.2, 0.25) is 0 Å². The summed E-state index contributed by atoms with van der Waals surface area (Å²) < 4.78 is 5.05. The lowest BCUT2D eigenvalue weighted by Crippen LogP contribution is -2.45. The van der Waals surface area contributed by atoms with E-state index in [1.54, 1.807) is 13.3 Å². The molecule has 1 aromatic rings. The number of nitrogens with one attached hydrogen (secondary N) is 1. The second-order valence-electron chi connectivity index (χ2n) is 4.39. The van der Waals surface area contributed by atoms with Crippen molar-refractivity contribution in [2.24, 2.45) is 0 Å². The van der Waals surface area contributed by atoms with E-state index >= 15 is 0 Å². The van der Waals surface area contributed by atoms with Gasteiger partial charge in [0, 0.05) is 25.4 Å². The fourth-order valence-electron chi connectivity index (χ4n) is 1.87. The molecule has 4 nitrogen and oxygen atoms in total. The fraction of sp³-hybridized carbons (Fsp3) is 0.583. The van der Waals surface area contributed by atoms with Crippen LogP contribution in [0.3, 0.4) is 0 Å². The maximum Gasteiger partial charge on any atom is 0.213 e. The molecule has 0 amide bonds. The van der Waals surface area contributed by atoms with Gasteiger partial charge in [0.05, 0.1) is 12.7 Å². The third-order valence-corrected chi connectivity index (χ3v) is 3.08. The molecule has 16 heavy (non-hydrogen) atoms. The molecule has 2 N–H and O–H groups in total. The quantitative estimate of drug-likeness (QED) is 0.783. The maximum absolute atomic E-state index is 9.89. The molecule has 1 aliphatic rings. The number of rotatable bonds is 5. The summed E-state index contributed by atoms with van der Waals surface area (Å²) in [6.07, 6.45) is 4.70. The van der Waals surface area contributed by atoms with Crippen LogP contribution in [0.25, 0.3) is 0 Å². The number of nitrogens with zero attached hydrogens (tertiary/aromatic N) is 1. The van der Waals surface area contributed by atoms with Gasteiger partial charge in [-0.25, -0.2) is 4.98 Å². The second-order valence-corrected chi connectivity index (χ2v) is 4.39. The van der Waals surface area contributed by atoms with E-state index in [0.717, 1.165) is 31.4 Å². The van der Waals surface area contributed by atoms with Crippen LogP contribution < -0.4 is 10.1 Å². The maximum atomic E-state index is 9.89. The number of ether oxygens (including phenoxy) is 1. The minimum Gasteiger partial charge on any atom is -0.481 e. The highest BCUT2D eigenvalue weighted by Gasteiger charge is 2.33. The van der Waals surface area contributed by atoms with Crippen LogP contribution in [0.5, 0.6) is 5.88 Å². The van der Waals surface area contributed by atoms with Crippen molar-refractivity contribution in [2.45, 2.75) is 31.4 Å². The first kappa shape index (κ1) is 11.4. The van der Waals surface area contributed by atoms with Crippen molar-refractivity contribution in [3.63, 3.8) is 0 Å². The average molecular weight is 222 g/mol. The van der Waals surface area contributed by atoms with Gasteiger partial charge in [-0.2, -0.15) is 0 Å². The van der Waals surface area contributed by atoms with E-state index in [4.69, 9.17) is 4.74 Å². The molecule has 4 heteroatoms. The van der Waals surface area contributed by atoms with Crippen molar-refractivity contribution in [1.29, 1.82) is 0 Å². The second kappa shape index (κ2) is 4.80. The predicted octanol–water partition coefficient (Wildman–Crippen LogP) is 1.09. The summed E-state index contributed by atoms with van der Waals surface area (Å²) in [5, 5.41) is 13.2. The Morgan fingerprint density at radius 2 is 2.38 bits per heavy atom. The first-order chi connectivity index (χ1) is 7.72. The topological polar surface area (TPSA) is 54.4 Å². The summed E-state index contributed by atoms with van der Waals surface area (Å²) in [4.78, 5) is 4.04. The van der Waals surface area contributed by atoms with Gasteiger partial charge in [0.25, 0.3) is 0 Å². The van der Waals surface area contributed by atoms with Crippen LogP contribution in [0.15, 0.2) is 18.3 Å². The summed E-state index contributed by atoms with van der Waals surface area (Å²) in [5.41, 5.74) is 0.659. The van der Waals surface area contributed by atoms with Crippen molar-refractivity contribution < 1.29 is 9.84 Å². The van der Waals surface area contributed by atoms with E-state index in [0.29, 0.717) is 12.4 Å². The van der Waals surface area contributed by atoms with Gasteiger partial charge in [-0.1, -0.05) is 0 Å². The number of pyridine rings is 1. The van der Waals surface area contributed by atoms with Crippen molar-refractivity contribution in [1.82, 2.24) is 10.3 Å². The monoisotopic (exact) mass is 222 g/mol. The highest BCUT2D eigenvalue weighted by atomic mass is 16.5. The standard InChI is InChI=1S/C12H18N2O2/c1-16-11-7-10(3-6-14-11)8-13-9-12(15)4-2-5-12/h3,6-7,13,15H,2,4-5,8-9H2,1H3. The largest absolute Gasteiger partial charge is 0.481 e. The molecular weight excluding hydrogens is 204 g/mol. The normalized spacial score (nSPS) is 17.9. The Balaban J connectivity index is 1.80. The molecule has 0 aliphatic heterocycles. The van der Waals surface area contributed by atoms with Gasteiger partial charge in [0.2, 0.25) is 5.88 Å². The van der Waals surface area contributed by atoms with E-state index in [2.05, 4.69) is 10.3 Å². The van der Waals surface area contributed by atoms with Gasteiger partial charge in [0.15, 0.2) is 0 Å². The smallest absolute Gasteiger partial charge is 0.213 e. The molecular formula is C12H18N2O2. The van der Waals surface area contributed by atoms with Crippen LogP contribution >= 0.6 is 0 Å². The number of methoxy groups -OCH3 is 1. The average Bonchev–Trinajstić information content (AvgIpc) is 2.27. The van der Waals surface area contributed by atoms with Gasteiger partial charge >= 0.3 is 0 Å². The number of hydrogen-bond acceptors (Lipinski definition) is 4. The molecule has 1 heterocycles. The SMILES string of the molecule is COc1cc(CNCC2(O)CCC2)ccn1. The van der Waals surface area contributed by atoms with Gasteiger partial charge in [0.1, 0.15) is 0 Å². The Hall–Kier alpha value is -1.13. The van der Waals surface area contributed by atoms with Crippen LogP contribution in [-0.2, 0) is 6.54 Å². The number of aromatic nitrogens is 1. The molecule has 1 aromatic heterocycles. The molecule has 1 fully saturated rings. The zero-order valence-corrected chi connectivity index (χ0v) is 9.57. The van der Waals surface area contributed by atoms with Gasteiger partial charge in [-0.15, -0.1) is 0 Å². The van der Waals surface area contributed by atoms with Crippen molar-refractivity contribution >= 4 is 0 Å². The van der Waals surface area contributed by atoms with Crippen molar-refractivity contribution in [2.75, 3.05) is 13.7 Å². The summed E-state index contributed by atoms with van der Waals surface area (Å²) in [7, 11) is 1.61. The Bertz CT molecular complexity index is 351. The van der Waals surface area contributed by atoms with Crippen LogP contribution in [0, 0.1) is 0 Å². The van der Waals surface area contributed by atoms with Crippen LogP contribution in [0.4, 0.5) is 0 Å². The van der Waals surface area contributed by atoms with E-state index in [1.807, 2.05) is 12.1 Å². The van der Waals surface area contributed by atoms with E-state index in [-0.39, 0.29) is 0 Å². The Labute approximate surface area is 95.7 Å². The summed E-state index contributed by atoms with van der Waals surface area (Å²) in [5.74, 6) is 0.627. The van der Waals surface area contributed by atoms with Crippen LogP contribution in [0.1, 0.15) is 24.8 Å². The zero-order chi connectivity index (χ0) is 11.4. The highest BCUT2D eigenvalue weighted by Crippen LogP contribution is 2.30. The molecule has 88 valence electrons. The fourth-order valence-corrected chi connectivity index (χ4v) is 1.87. The number of hydrogen-bond donors (Lipinski definition) is 2. The van der Waals surface area contributed by atoms with Crippen molar-refractivity contribution in [3.05, 3.63) is 23.9 Å². The lowest BCUT2D eigenvalue weighted by Gasteiger charge is -2.36. The van der Waals surface area contributed by atoms with E-state index < -0.39 is 5.60 Å². The minimum absolute atomic E-state index is 0.461. The predicted molar refractivity (Wildman–Crippen MR) is 61.3 cm³/mol. The molecule has 2 rings (SSSR count). The molecule has 0 saturated heterocycles. The van der Waals surface area contributed by atoms with E-state index in [1.165, 1.54) is 0 Å². The molecule has 0 bridgehead atoms. The minimum atomic E-state index is -0.461.